The fourth-order valence-electron chi connectivity index (χ4n) is 3.03. The van der Waals surface area contributed by atoms with Crippen molar-refractivity contribution >= 4 is 23.1 Å². The third-order valence-electron chi connectivity index (χ3n) is 4.26. The molecule has 1 aliphatic rings. The van der Waals surface area contributed by atoms with E-state index in [0.717, 1.165) is 18.8 Å². The van der Waals surface area contributed by atoms with Crippen LogP contribution in [-0.2, 0) is 6.42 Å². The van der Waals surface area contributed by atoms with Crippen molar-refractivity contribution in [1.82, 2.24) is 4.98 Å². The molecule has 124 valence electrons. The number of aromatic nitrogens is 1. The summed E-state index contributed by atoms with van der Waals surface area (Å²) in [5, 5.41) is 2.74. The summed E-state index contributed by atoms with van der Waals surface area (Å²) in [6, 6.07) is 17.6. The van der Waals surface area contributed by atoms with Crippen molar-refractivity contribution in [2.75, 3.05) is 16.8 Å². The van der Waals surface area contributed by atoms with Gasteiger partial charge in [-0.05, 0) is 48.4 Å². The first-order valence-electron chi connectivity index (χ1n) is 8.09. The van der Waals surface area contributed by atoms with Crippen LogP contribution in [0.4, 0.5) is 21.6 Å². The second kappa shape index (κ2) is 6.36. The van der Waals surface area contributed by atoms with Gasteiger partial charge in [-0.25, -0.2) is 9.37 Å². The van der Waals surface area contributed by atoms with Gasteiger partial charge in [0, 0.05) is 17.8 Å². The molecule has 0 bridgehead atoms. The summed E-state index contributed by atoms with van der Waals surface area (Å²) in [5.41, 5.74) is 3.34. The van der Waals surface area contributed by atoms with Gasteiger partial charge in [0.2, 0.25) is 0 Å². The van der Waals surface area contributed by atoms with Crippen molar-refractivity contribution in [3.05, 3.63) is 83.8 Å². The van der Waals surface area contributed by atoms with Crippen LogP contribution in [0.5, 0.6) is 0 Å². The average molecular weight is 333 g/mol. The number of carbonyl (C=O) groups is 1. The van der Waals surface area contributed by atoms with Gasteiger partial charge in [0.25, 0.3) is 5.91 Å². The summed E-state index contributed by atoms with van der Waals surface area (Å²) in [6.45, 7) is 0.890. The lowest BCUT2D eigenvalue weighted by atomic mass is 10.2. The van der Waals surface area contributed by atoms with Crippen molar-refractivity contribution < 1.29 is 9.18 Å². The van der Waals surface area contributed by atoms with Crippen molar-refractivity contribution in [3.8, 4) is 0 Å². The minimum atomic E-state index is -0.436. The lowest BCUT2D eigenvalue weighted by Crippen LogP contribution is -2.15. The van der Waals surface area contributed by atoms with Crippen LogP contribution in [-0.4, -0.2) is 17.4 Å². The highest BCUT2D eigenvalue weighted by atomic mass is 19.1. The smallest absolute Gasteiger partial charge is 0.255 e. The molecule has 1 aliphatic heterocycles. The second-order valence-electron chi connectivity index (χ2n) is 5.90. The zero-order valence-electron chi connectivity index (χ0n) is 13.4. The van der Waals surface area contributed by atoms with E-state index >= 15 is 0 Å². The van der Waals surface area contributed by atoms with E-state index in [1.54, 1.807) is 18.3 Å². The molecule has 1 amide bonds. The highest BCUT2D eigenvalue weighted by molar-refractivity contribution is 6.04. The minimum absolute atomic E-state index is 0.276. The molecule has 0 unspecified atom stereocenters. The van der Waals surface area contributed by atoms with Gasteiger partial charge in [-0.2, -0.15) is 0 Å². The van der Waals surface area contributed by atoms with Crippen LogP contribution in [0.1, 0.15) is 15.9 Å². The molecule has 5 heteroatoms. The Morgan fingerprint density at radius 3 is 2.76 bits per heavy atom. The van der Waals surface area contributed by atoms with Crippen LogP contribution in [0.25, 0.3) is 0 Å². The number of carbonyl (C=O) groups excluding carboxylic acids is 1. The maximum absolute atomic E-state index is 13.2. The maximum Gasteiger partial charge on any atom is 0.255 e. The molecule has 25 heavy (non-hydrogen) atoms. The van der Waals surface area contributed by atoms with Gasteiger partial charge in [0.15, 0.2) is 0 Å². The molecule has 1 N–H and O–H groups in total. The molecule has 1 aromatic heterocycles. The Bertz CT molecular complexity index is 924. The first-order valence-corrected chi connectivity index (χ1v) is 8.09. The quantitative estimate of drug-likeness (QED) is 0.782. The van der Waals surface area contributed by atoms with Gasteiger partial charge in [-0.3, -0.25) is 4.79 Å². The van der Waals surface area contributed by atoms with Gasteiger partial charge in [-0.1, -0.05) is 24.3 Å². The zero-order valence-corrected chi connectivity index (χ0v) is 13.4. The molecule has 0 spiro atoms. The Kier molecular flexibility index (Phi) is 3.90. The number of fused-ring (bicyclic) bond motifs is 1. The summed E-state index contributed by atoms with van der Waals surface area (Å²) in [4.78, 5) is 18.8. The summed E-state index contributed by atoms with van der Waals surface area (Å²) >= 11 is 0. The van der Waals surface area contributed by atoms with Gasteiger partial charge in [0.05, 0.1) is 11.9 Å². The standard InChI is InChI=1S/C20H16FN3O/c21-16-6-3-5-15(12-16)20(25)23-17-8-9-19(22-13-17)24-11-10-14-4-1-2-7-18(14)24/h1-9,12-13H,10-11H2,(H,23,25). The predicted octanol–water partition coefficient (Wildman–Crippen LogP) is 4.17. The monoisotopic (exact) mass is 333 g/mol. The van der Waals surface area contributed by atoms with Crippen molar-refractivity contribution in [2.45, 2.75) is 6.42 Å². The highest BCUT2D eigenvalue weighted by Crippen LogP contribution is 2.33. The number of pyridine rings is 1. The Balaban J connectivity index is 1.50. The number of hydrogen-bond acceptors (Lipinski definition) is 3. The number of para-hydroxylation sites is 1. The Hall–Kier alpha value is -3.21. The molecular formula is C20H16FN3O. The molecule has 2 heterocycles. The van der Waals surface area contributed by atoms with E-state index in [-0.39, 0.29) is 11.5 Å². The van der Waals surface area contributed by atoms with Crippen molar-refractivity contribution in [3.63, 3.8) is 0 Å². The van der Waals surface area contributed by atoms with E-state index in [0.29, 0.717) is 5.69 Å². The Morgan fingerprint density at radius 2 is 1.96 bits per heavy atom. The van der Waals surface area contributed by atoms with Gasteiger partial charge >= 0.3 is 0 Å². The molecule has 0 saturated heterocycles. The molecule has 0 aliphatic carbocycles. The molecule has 4 nitrogen and oxygen atoms in total. The van der Waals surface area contributed by atoms with Crippen LogP contribution < -0.4 is 10.2 Å². The van der Waals surface area contributed by atoms with Gasteiger partial charge < -0.3 is 10.2 Å². The molecule has 0 fully saturated rings. The first kappa shape index (κ1) is 15.3. The number of halogens is 1. The number of anilines is 3. The predicted molar refractivity (Wildman–Crippen MR) is 95.7 cm³/mol. The van der Waals surface area contributed by atoms with Crippen LogP contribution >= 0.6 is 0 Å². The summed E-state index contributed by atoms with van der Waals surface area (Å²) in [5.74, 6) is 0.0445. The fourth-order valence-corrected chi connectivity index (χ4v) is 3.03. The summed E-state index contributed by atoms with van der Waals surface area (Å²) in [7, 11) is 0. The molecular weight excluding hydrogens is 317 g/mol. The summed E-state index contributed by atoms with van der Waals surface area (Å²) in [6.07, 6.45) is 2.61. The normalized spacial score (nSPS) is 12.8. The van der Waals surface area contributed by atoms with E-state index < -0.39 is 5.82 Å². The van der Waals surface area contributed by atoms with E-state index in [1.807, 2.05) is 18.2 Å². The molecule has 0 radical (unpaired) electrons. The number of amides is 1. The first-order chi connectivity index (χ1) is 12.2. The lowest BCUT2D eigenvalue weighted by molar-refractivity contribution is 0.102. The maximum atomic E-state index is 13.2. The van der Waals surface area contributed by atoms with E-state index in [1.165, 1.54) is 29.4 Å². The van der Waals surface area contributed by atoms with E-state index in [9.17, 15) is 9.18 Å². The van der Waals surface area contributed by atoms with Crippen LogP contribution in [0.3, 0.4) is 0 Å². The minimum Gasteiger partial charge on any atom is -0.326 e. The largest absolute Gasteiger partial charge is 0.326 e. The lowest BCUT2D eigenvalue weighted by Gasteiger charge is -2.18. The van der Waals surface area contributed by atoms with Crippen molar-refractivity contribution in [2.24, 2.45) is 0 Å². The number of nitrogens with one attached hydrogen (secondary N) is 1. The fraction of sp³-hybridized carbons (Fsp3) is 0.100. The second-order valence-corrected chi connectivity index (χ2v) is 5.90. The van der Waals surface area contributed by atoms with E-state index in [4.69, 9.17) is 0 Å². The zero-order chi connectivity index (χ0) is 17.2. The molecule has 0 saturated carbocycles. The topological polar surface area (TPSA) is 45.2 Å². The third kappa shape index (κ3) is 3.08. The number of nitrogens with zero attached hydrogens (tertiary/aromatic N) is 2. The Labute approximate surface area is 144 Å². The van der Waals surface area contributed by atoms with E-state index in [2.05, 4.69) is 27.3 Å². The third-order valence-corrected chi connectivity index (χ3v) is 4.26. The number of rotatable bonds is 3. The molecule has 2 aromatic carbocycles. The molecule has 4 rings (SSSR count). The SMILES string of the molecule is O=C(Nc1ccc(N2CCc3ccccc32)nc1)c1cccc(F)c1. The van der Waals surface area contributed by atoms with Crippen LogP contribution in [0.15, 0.2) is 66.9 Å². The molecule has 3 aromatic rings. The number of hydrogen-bond donors (Lipinski definition) is 1. The summed E-state index contributed by atoms with van der Waals surface area (Å²) < 4.78 is 13.2. The van der Waals surface area contributed by atoms with Crippen molar-refractivity contribution in [1.29, 1.82) is 0 Å². The average Bonchev–Trinajstić information content (AvgIpc) is 3.06. The highest BCUT2D eigenvalue weighted by Gasteiger charge is 2.20. The van der Waals surface area contributed by atoms with Crippen LogP contribution in [0.2, 0.25) is 0 Å². The Morgan fingerprint density at radius 1 is 1.08 bits per heavy atom. The van der Waals surface area contributed by atoms with Gasteiger partial charge in [0.1, 0.15) is 11.6 Å². The number of benzene rings is 2. The van der Waals surface area contributed by atoms with Crippen LogP contribution in [0, 0.1) is 5.82 Å². The molecule has 0 atom stereocenters. The van der Waals surface area contributed by atoms with Gasteiger partial charge in [-0.15, -0.1) is 0 Å².